The first-order chi connectivity index (χ1) is 13.9. The van der Waals surface area contributed by atoms with Gasteiger partial charge in [0.15, 0.2) is 5.82 Å². The summed E-state index contributed by atoms with van der Waals surface area (Å²) in [6, 6.07) is 15.1. The van der Waals surface area contributed by atoms with Crippen molar-refractivity contribution in [2.45, 2.75) is 27.2 Å². The number of carbonyl (C=O) groups is 1. The van der Waals surface area contributed by atoms with Crippen LogP contribution in [0.5, 0.6) is 0 Å². The van der Waals surface area contributed by atoms with E-state index in [1.165, 1.54) is 5.56 Å². The van der Waals surface area contributed by atoms with Gasteiger partial charge in [-0.1, -0.05) is 41.4 Å². The Bertz CT molecular complexity index is 1200. The van der Waals surface area contributed by atoms with E-state index in [4.69, 9.17) is 11.6 Å². The highest BCUT2D eigenvalue weighted by atomic mass is 35.5. The summed E-state index contributed by atoms with van der Waals surface area (Å²) in [5.74, 6) is 1.01. The van der Waals surface area contributed by atoms with Crippen molar-refractivity contribution in [3.8, 4) is 11.4 Å². The van der Waals surface area contributed by atoms with Crippen molar-refractivity contribution in [2.24, 2.45) is 0 Å². The van der Waals surface area contributed by atoms with Crippen LogP contribution in [0.1, 0.15) is 22.5 Å². The fourth-order valence-electron chi connectivity index (χ4n) is 3.19. The number of amides is 1. The minimum atomic E-state index is -0.126. The minimum absolute atomic E-state index is 0.126. The second kappa shape index (κ2) is 7.64. The lowest BCUT2D eigenvalue weighted by Crippen LogP contribution is -2.17. The molecule has 0 bridgehead atoms. The van der Waals surface area contributed by atoms with Gasteiger partial charge >= 0.3 is 0 Å². The number of aromatic nitrogens is 4. The Morgan fingerprint density at radius 3 is 2.38 bits per heavy atom. The summed E-state index contributed by atoms with van der Waals surface area (Å²) in [6.07, 6.45) is 0.197. The van der Waals surface area contributed by atoms with Gasteiger partial charge in [-0.3, -0.25) is 4.79 Å². The van der Waals surface area contributed by atoms with Crippen molar-refractivity contribution >= 4 is 29.0 Å². The fourth-order valence-corrected chi connectivity index (χ4v) is 3.31. The minimum Gasteiger partial charge on any atom is -0.326 e. The van der Waals surface area contributed by atoms with E-state index in [-0.39, 0.29) is 12.3 Å². The summed E-state index contributed by atoms with van der Waals surface area (Å²) in [6.45, 7) is 5.86. The van der Waals surface area contributed by atoms with Crippen molar-refractivity contribution in [1.29, 1.82) is 0 Å². The molecule has 146 valence electrons. The topological polar surface area (TPSA) is 72.2 Å². The molecule has 1 N–H and O–H groups in total. The van der Waals surface area contributed by atoms with Crippen LogP contribution >= 0.6 is 11.6 Å². The SMILES string of the molecule is Cc1ccc(-c2nc3nc(C)c(CC(=O)Nc4ccc(Cl)cc4)c(C)n3n2)cc1. The van der Waals surface area contributed by atoms with Gasteiger partial charge in [0.05, 0.1) is 6.42 Å². The molecule has 0 aliphatic heterocycles. The number of hydrogen-bond donors (Lipinski definition) is 1. The van der Waals surface area contributed by atoms with E-state index in [1.807, 2.05) is 45.0 Å². The molecule has 4 aromatic rings. The molecule has 0 saturated carbocycles. The maximum absolute atomic E-state index is 12.5. The zero-order valence-electron chi connectivity index (χ0n) is 16.4. The number of nitrogens with zero attached hydrogens (tertiary/aromatic N) is 4. The lowest BCUT2D eigenvalue weighted by Gasteiger charge is -2.11. The molecule has 29 heavy (non-hydrogen) atoms. The molecule has 2 aromatic carbocycles. The highest BCUT2D eigenvalue weighted by Gasteiger charge is 2.17. The van der Waals surface area contributed by atoms with Gasteiger partial charge in [-0.25, -0.2) is 9.50 Å². The number of aryl methyl sites for hydroxylation is 3. The Hall–Kier alpha value is -3.25. The number of fused-ring (bicyclic) bond motifs is 1. The molecule has 6 nitrogen and oxygen atoms in total. The van der Waals surface area contributed by atoms with Gasteiger partial charge in [0, 0.05) is 33.2 Å². The molecule has 0 fully saturated rings. The van der Waals surface area contributed by atoms with Crippen molar-refractivity contribution in [2.75, 3.05) is 5.32 Å². The van der Waals surface area contributed by atoms with E-state index >= 15 is 0 Å². The second-order valence-corrected chi connectivity index (χ2v) is 7.44. The van der Waals surface area contributed by atoms with Gasteiger partial charge in [-0.15, -0.1) is 5.10 Å². The Balaban J connectivity index is 1.63. The summed E-state index contributed by atoms with van der Waals surface area (Å²) in [5, 5.41) is 8.12. The molecule has 2 heterocycles. The first-order valence-electron chi connectivity index (χ1n) is 9.26. The number of nitrogens with one attached hydrogen (secondary N) is 1. The zero-order valence-corrected chi connectivity index (χ0v) is 17.2. The lowest BCUT2D eigenvalue weighted by molar-refractivity contribution is -0.115. The van der Waals surface area contributed by atoms with Crippen LogP contribution in [-0.2, 0) is 11.2 Å². The largest absolute Gasteiger partial charge is 0.326 e. The third-order valence-electron chi connectivity index (χ3n) is 4.82. The predicted octanol–water partition coefficient (Wildman–Crippen LogP) is 4.55. The number of benzene rings is 2. The summed E-state index contributed by atoms with van der Waals surface area (Å²) in [4.78, 5) is 21.7. The molecular formula is C22H20ClN5O. The van der Waals surface area contributed by atoms with E-state index in [1.54, 1.807) is 28.8 Å². The van der Waals surface area contributed by atoms with E-state index < -0.39 is 0 Å². The molecule has 2 aromatic heterocycles. The van der Waals surface area contributed by atoms with Gasteiger partial charge in [-0.05, 0) is 45.0 Å². The quantitative estimate of drug-likeness (QED) is 0.540. The third kappa shape index (κ3) is 3.98. The number of rotatable bonds is 4. The van der Waals surface area contributed by atoms with E-state index in [9.17, 15) is 4.79 Å². The van der Waals surface area contributed by atoms with Crippen LogP contribution in [0.3, 0.4) is 0 Å². The van der Waals surface area contributed by atoms with Gasteiger partial charge < -0.3 is 5.32 Å². The Morgan fingerprint density at radius 1 is 1.00 bits per heavy atom. The molecule has 0 saturated heterocycles. The number of anilines is 1. The third-order valence-corrected chi connectivity index (χ3v) is 5.08. The zero-order chi connectivity index (χ0) is 20.5. The van der Waals surface area contributed by atoms with Gasteiger partial charge in [0.1, 0.15) is 0 Å². The molecule has 4 rings (SSSR count). The molecule has 1 amide bonds. The number of halogens is 1. The number of carbonyl (C=O) groups excluding carboxylic acids is 1. The standard InChI is InChI=1S/C22H20ClN5O/c1-13-4-6-16(7-5-13)21-26-22-24-14(2)19(15(3)28(22)27-21)12-20(29)25-18-10-8-17(23)9-11-18/h4-11H,12H2,1-3H3,(H,25,29). The van der Waals surface area contributed by atoms with Crippen LogP contribution in [0.25, 0.3) is 17.2 Å². The van der Waals surface area contributed by atoms with Crippen LogP contribution in [0, 0.1) is 20.8 Å². The molecule has 0 radical (unpaired) electrons. The molecule has 0 unspecified atom stereocenters. The Labute approximate surface area is 173 Å². The normalized spacial score (nSPS) is 11.0. The molecule has 0 spiro atoms. The average Bonchev–Trinajstić information content (AvgIpc) is 3.11. The smallest absolute Gasteiger partial charge is 0.253 e. The van der Waals surface area contributed by atoms with Gasteiger partial charge in [0.2, 0.25) is 5.91 Å². The van der Waals surface area contributed by atoms with Gasteiger partial charge in [0.25, 0.3) is 5.78 Å². The Kier molecular flexibility index (Phi) is 5.03. The summed E-state index contributed by atoms with van der Waals surface area (Å²) in [5.41, 5.74) is 5.26. The highest BCUT2D eigenvalue weighted by molar-refractivity contribution is 6.30. The van der Waals surface area contributed by atoms with E-state index in [0.29, 0.717) is 22.3 Å². The summed E-state index contributed by atoms with van der Waals surface area (Å²) < 4.78 is 1.70. The molecule has 7 heteroatoms. The fraction of sp³-hybridized carbons (Fsp3) is 0.182. The highest BCUT2D eigenvalue weighted by Crippen LogP contribution is 2.20. The lowest BCUT2D eigenvalue weighted by atomic mass is 10.1. The van der Waals surface area contributed by atoms with Crippen LogP contribution in [-0.4, -0.2) is 25.5 Å². The monoisotopic (exact) mass is 405 g/mol. The first-order valence-corrected chi connectivity index (χ1v) is 9.64. The van der Waals surface area contributed by atoms with Crippen molar-refractivity contribution in [3.05, 3.63) is 76.1 Å². The maximum atomic E-state index is 12.5. The first kappa shape index (κ1) is 19.1. The second-order valence-electron chi connectivity index (χ2n) is 7.01. The van der Waals surface area contributed by atoms with Crippen LogP contribution < -0.4 is 5.32 Å². The summed E-state index contributed by atoms with van der Waals surface area (Å²) >= 11 is 5.89. The average molecular weight is 406 g/mol. The molecule has 0 aliphatic rings. The molecular weight excluding hydrogens is 386 g/mol. The summed E-state index contributed by atoms with van der Waals surface area (Å²) in [7, 11) is 0. The predicted molar refractivity (Wildman–Crippen MR) is 114 cm³/mol. The molecule has 0 aliphatic carbocycles. The van der Waals surface area contributed by atoms with Crippen molar-refractivity contribution in [3.63, 3.8) is 0 Å². The number of hydrogen-bond acceptors (Lipinski definition) is 4. The van der Waals surface area contributed by atoms with Gasteiger partial charge in [-0.2, -0.15) is 4.98 Å². The van der Waals surface area contributed by atoms with Crippen LogP contribution in [0.15, 0.2) is 48.5 Å². The van der Waals surface area contributed by atoms with E-state index in [2.05, 4.69) is 20.4 Å². The van der Waals surface area contributed by atoms with Crippen molar-refractivity contribution < 1.29 is 4.79 Å². The van der Waals surface area contributed by atoms with E-state index in [0.717, 1.165) is 22.5 Å². The van der Waals surface area contributed by atoms with Crippen molar-refractivity contribution in [1.82, 2.24) is 19.6 Å². The Morgan fingerprint density at radius 2 is 1.69 bits per heavy atom. The van der Waals surface area contributed by atoms with Crippen LogP contribution in [0.4, 0.5) is 5.69 Å². The maximum Gasteiger partial charge on any atom is 0.253 e. The molecule has 0 atom stereocenters. The van der Waals surface area contributed by atoms with Crippen LogP contribution in [0.2, 0.25) is 5.02 Å².